The van der Waals surface area contributed by atoms with E-state index in [1.165, 1.54) is 0 Å². The third kappa shape index (κ3) is 5.64. The minimum atomic E-state index is -3.48. The van der Waals surface area contributed by atoms with Crippen molar-refractivity contribution < 1.29 is 8.42 Å². The van der Waals surface area contributed by atoms with Crippen LogP contribution in [0.25, 0.3) is 0 Å². The molecule has 102 valence electrons. The smallest absolute Gasteiger partial charge is 0.223 e. The number of anilines is 3. The topological polar surface area (TPSA) is 136 Å². The van der Waals surface area contributed by atoms with Crippen LogP contribution in [-0.2, 0) is 10.0 Å². The Morgan fingerprint density at radius 2 is 1.78 bits per heavy atom. The van der Waals surface area contributed by atoms with Crippen LogP contribution in [-0.4, -0.2) is 37.2 Å². The molecule has 0 aromatic carbocycles. The summed E-state index contributed by atoms with van der Waals surface area (Å²) in [6, 6.07) is 1.66. The maximum absolute atomic E-state index is 10.8. The number of nitrogen functional groups attached to an aromatic ring is 1. The second-order valence-corrected chi connectivity index (χ2v) is 5.45. The molecule has 0 atom stereocenters. The van der Waals surface area contributed by atoms with E-state index in [0.29, 0.717) is 11.6 Å². The van der Waals surface area contributed by atoms with E-state index in [9.17, 15) is 8.42 Å². The molecule has 0 spiro atoms. The van der Waals surface area contributed by atoms with E-state index in [0.717, 1.165) is 13.0 Å². The Hall–Kier alpha value is -1.61. The predicted octanol–water partition coefficient (Wildman–Crippen LogP) is -0.419. The summed E-state index contributed by atoms with van der Waals surface area (Å²) in [4.78, 5) is 7.94. The molecule has 1 aromatic heterocycles. The molecule has 0 amide bonds. The third-order valence-corrected chi connectivity index (χ3v) is 2.77. The van der Waals surface area contributed by atoms with Gasteiger partial charge in [-0.05, 0) is 6.42 Å². The number of nitrogens with two attached hydrogens (primary N) is 2. The van der Waals surface area contributed by atoms with Gasteiger partial charge >= 0.3 is 0 Å². The lowest BCUT2D eigenvalue weighted by Crippen LogP contribution is -2.22. The highest BCUT2D eigenvalue weighted by molar-refractivity contribution is 7.89. The lowest BCUT2D eigenvalue weighted by molar-refractivity contribution is 0.598. The standard InChI is InChI=1S/C9H18N6O2S/c1-2-3-12-7-6-8(15-9(10)14-7)13-4-5-18(11,16)17/h6H,2-5H2,1H3,(H2,11,16,17)(H4,10,12,13,14,15). The molecule has 6 N–H and O–H groups in total. The zero-order valence-corrected chi connectivity index (χ0v) is 11.0. The maximum atomic E-state index is 10.8. The molecule has 0 saturated heterocycles. The summed E-state index contributed by atoms with van der Waals surface area (Å²) in [7, 11) is -3.48. The van der Waals surface area contributed by atoms with Gasteiger partial charge < -0.3 is 16.4 Å². The molecule has 0 radical (unpaired) electrons. The first-order chi connectivity index (χ1) is 8.40. The fourth-order valence-corrected chi connectivity index (χ4v) is 1.61. The van der Waals surface area contributed by atoms with E-state index in [-0.39, 0.29) is 18.2 Å². The highest BCUT2D eigenvalue weighted by atomic mass is 32.2. The van der Waals surface area contributed by atoms with Gasteiger partial charge in [0.05, 0.1) is 5.75 Å². The van der Waals surface area contributed by atoms with E-state index in [4.69, 9.17) is 10.9 Å². The summed E-state index contributed by atoms with van der Waals surface area (Å²) in [5, 5.41) is 10.8. The van der Waals surface area contributed by atoms with Crippen LogP contribution in [0.4, 0.5) is 17.6 Å². The van der Waals surface area contributed by atoms with Crippen molar-refractivity contribution in [3.8, 4) is 0 Å². The Balaban J connectivity index is 2.62. The summed E-state index contributed by atoms with van der Waals surface area (Å²) in [5.41, 5.74) is 5.54. The van der Waals surface area contributed by atoms with Crippen molar-refractivity contribution >= 4 is 27.6 Å². The normalized spacial score (nSPS) is 11.2. The monoisotopic (exact) mass is 274 g/mol. The molecule has 0 aliphatic heterocycles. The number of hydrogen-bond donors (Lipinski definition) is 4. The fourth-order valence-electron chi connectivity index (χ4n) is 1.22. The number of hydrogen-bond acceptors (Lipinski definition) is 7. The zero-order chi connectivity index (χ0) is 13.6. The second kappa shape index (κ2) is 6.36. The molecule has 0 aliphatic carbocycles. The Morgan fingerprint density at radius 3 is 2.28 bits per heavy atom. The van der Waals surface area contributed by atoms with Crippen molar-refractivity contribution in [3.05, 3.63) is 6.07 Å². The van der Waals surface area contributed by atoms with E-state index in [1.807, 2.05) is 6.92 Å². The van der Waals surface area contributed by atoms with Crippen LogP contribution < -0.4 is 21.5 Å². The van der Waals surface area contributed by atoms with Crippen molar-refractivity contribution in [1.82, 2.24) is 9.97 Å². The average Bonchev–Trinajstić information content (AvgIpc) is 2.24. The SMILES string of the molecule is CCCNc1cc(NCCS(N)(=O)=O)nc(N)n1. The molecular formula is C9H18N6O2S. The van der Waals surface area contributed by atoms with Gasteiger partial charge in [-0.15, -0.1) is 0 Å². The van der Waals surface area contributed by atoms with E-state index in [1.54, 1.807) is 6.07 Å². The number of rotatable bonds is 7. The Kier molecular flexibility index (Phi) is 5.10. The van der Waals surface area contributed by atoms with Gasteiger partial charge in [-0.25, -0.2) is 13.6 Å². The quantitative estimate of drug-likeness (QED) is 0.530. The van der Waals surface area contributed by atoms with Gasteiger partial charge in [-0.1, -0.05) is 6.92 Å². The molecule has 0 aliphatic rings. The molecule has 18 heavy (non-hydrogen) atoms. The van der Waals surface area contributed by atoms with Crippen molar-refractivity contribution in [3.63, 3.8) is 0 Å². The van der Waals surface area contributed by atoms with Gasteiger partial charge in [-0.2, -0.15) is 9.97 Å². The summed E-state index contributed by atoms with van der Waals surface area (Å²) < 4.78 is 21.5. The van der Waals surface area contributed by atoms with Crippen molar-refractivity contribution in [2.75, 3.05) is 35.2 Å². The lowest BCUT2D eigenvalue weighted by atomic mass is 10.4. The first kappa shape index (κ1) is 14.5. The number of primary sulfonamides is 1. The highest BCUT2D eigenvalue weighted by Gasteiger charge is 2.04. The molecule has 1 rings (SSSR count). The number of aromatic nitrogens is 2. The summed E-state index contributed by atoms with van der Waals surface area (Å²) in [6.07, 6.45) is 0.956. The van der Waals surface area contributed by atoms with Gasteiger partial charge in [0.1, 0.15) is 11.6 Å². The molecule has 0 fully saturated rings. The minimum Gasteiger partial charge on any atom is -0.370 e. The Morgan fingerprint density at radius 1 is 1.22 bits per heavy atom. The summed E-state index contributed by atoms with van der Waals surface area (Å²) >= 11 is 0. The lowest BCUT2D eigenvalue weighted by Gasteiger charge is -2.08. The minimum absolute atomic E-state index is 0.120. The largest absolute Gasteiger partial charge is 0.370 e. The second-order valence-electron chi connectivity index (χ2n) is 3.72. The molecule has 0 unspecified atom stereocenters. The zero-order valence-electron chi connectivity index (χ0n) is 10.2. The van der Waals surface area contributed by atoms with Gasteiger partial charge in [0, 0.05) is 19.2 Å². The molecule has 0 bridgehead atoms. The van der Waals surface area contributed by atoms with E-state index >= 15 is 0 Å². The van der Waals surface area contributed by atoms with E-state index in [2.05, 4.69) is 20.6 Å². The third-order valence-electron chi connectivity index (χ3n) is 1.99. The number of nitrogens with zero attached hydrogens (tertiary/aromatic N) is 2. The molecule has 0 saturated carbocycles. The van der Waals surface area contributed by atoms with Crippen LogP contribution in [0.2, 0.25) is 0 Å². The predicted molar refractivity (Wildman–Crippen MR) is 71.7 cm³/mol. The van der Waals surface area contributed by atoms with Crippen LogP contribution in [0, 0.1) is 0 Å². The van der Waals surface area contributed by atoms with Crippen LogP contribution >= 0.6 is 0 Å². The molecule has 1 aromatic rings. The molecule has 9 heteroatoms. The molecule has 1 heterocycles. The van der Waals surface area contributed by atoms with Gasteiger partial charge in [0.25, 0.3) is 0 Å². The van der Waals surface area contributed by atoms with Gasteiger partial charge in [0.15, 0.2) is 0 Å². The van der Waals surface area contributed by atoms with Crippen molar-refractivity contribution in [1.29, 1.82) is 0 Å². The summed E-state index contributed by atoms with van der Waals surface area (Å²) in [6.45, 7) is 2.97. The first-order valence-corrected chi connectivity index (χ1v) is 7.25. The number of sulfonamides is 1. The highest BCUT2D eigenvalue weighted by Crippen LogP contribution is 2.12. The van der Waals surface area contributed by atoms with Crippen LogP contribution in [0.1, 0.15) is 13.3 Å². The van der Waals surface area contributed by atoms with Crippen LogP contribution in [0.5, 0.6) is 0 Å². The van der Waals surface area contributed by atoms with Crippen LogP contribution in [0.3, 0.4) is 0 Å². The van der Waals surface area contributed by atoms with Gasteiger partial charge in [0.2, 0.25) is 16.0 Å². The fraction of sp³-hybridized carbons (Fsp3) is 0.556. The van der Waals surface area contributed by atoms with Crippen LogP contribution in [0.15, 0.2) is 6.07 Å². The Bertz CT molecular complexity index is 490. The molecular weight excluding hydrogens is 256 g/mol. The first-order valence-electron chi connectivity index (χ1n) is 5.53. The summed E-state index contributed by atoms with van der Waals surface area (Å²) in [5.74, 6) is 1.01. The average molecular weight is 274 g/mol. The molecule has 8 nitrogen and oxygen atoms in total. The Labute approximate surface area is 106 Å². The number of nitrogens with one attached hydrogen (secondary N) is 2. The van der Waals surface area contributed by atoms with Crippen molar-refractivity contribution in [2.45, 2.75) is 13.3 Å². The maximum Gasteiger partial charge on any atom is 0.223 e. The van der Waals surface area contributed by atoms with Crippen molar-refractivity contribution in [2.24, 2.45) is 5.14 Å². The van der Waals surface area contributed by atoms with E-state index < -0.39 is 10.0 Å². The van der Waals surface area contributed by atoms with Gasteiger partial charge in [-0.3, -0.25) is 0 Å².